The third kappa shape index (κ3) is 3.98. The van der Waals surface area contributed by atoms with Gasteiger partial charge in [-0.2, -0.15) is 0 Å². The molecular weight excluding hydrogens is 328 g/mol. The molecule has 0 aliphatic heterocycles. The summed E-state index contributed by atoms with van der Waals surface area (Å²) in [5.41, 5.74) is 3.39. The number of pyridine rings is 1. The zero-order valence-corrected chi connectivity index (χ0v) is 16.3. The minimum absolute atomic E-state index is 0.0551. The number of para-hydroxylation sites is 1. The molecule has 0 saturated heterocycles. The Morgan fingerprint density at radius 2 is 1.77 bits per heavy atom. The van der Waals surface area contributed by atoms with Crippen LogP contribution in [0.2, 0.25) is 0 Å². The molecule has 5 nitrogen and oxygen atoms in total. The molecule has 0 aliphatic carbocycles. The van der Waals surface area contributed by atoms with Crippen LogP contribution >= 0.6 is 0 Å². The normalized spacial score (nSPS) is 10.7. The Bertz CT molecular complexity index is 831. The van der Waals surface area contributed by atoms with E-state index in [1.165, 1.54) is 6.07 Å². The number of rotatable bonds is 7. The van der Waals surface area contributed by atoms with Crippen molar-refractivity contribution in [1.82, 2.24) is 4.57 Å². The number of hydrogen-bond donors (Lipinski definition) is 1. The second-order valence-corrected chi connectivity index (χ2v) is 6.35. The summed E-state index contributed by atoms with van der Waals surface area (Å²) in [5.74, 6) is -0.103. The summed E-state index contributed by atoms with van der Waals surface area (Å²) in [6, 6.07) is 7.46. The van der Waals surface area contributed by atoms with Crippen molar-refractivity contribution in [2.45, 2.75) is 47.0 Å². The van der Waals surface area contributed by atoms with Crippen LogP contribution in [0.1, 0.15) is 54.4 Å². The first kappa shape index (κ1) is 19.8. The van der Waals surface area contributed by atoms with Gasteiger partial charge < -0.3 is 14.6 Å². The number of carbonyl (C=O) groups excluding carboxylic acids is 1. The van der Waals surface area contributed by atoms with Gasteiger partial charge in [-0.1, -0.05) is 39.0 Å². The summed E-state index contributed by atoms with van der Waals surface area (Å²) in [5, 5.41) is 2.97. The molecule has 0 bridgehead atoms. The van der Waals surface area contributed by atoms with Gasteiger partial charge in [-0.05, 0) is 37.3 Å². The second-order valence-electron chi connectivity index (χ2n) is 6.35. The van der Waals surface area contributed by atoms with E-state index in [1.54, 1.807) is 11.6 Å². The Hall–Kier alpha value is -2.56. The zero-order valence-electron chi connectivity index (χ0n) is 16.3. The predicted molar refractivity (Wildman–Crippen MR) is 105 cm³/mol. The van der Waals surface area contributed by atoms with Gasteiger partial charge in [0.2, 0.25) is 5.88 Å². The van der Waals surface area contributed by atoms with Crippen LogP contribution in [-0.4, -0.2) is 17.1 Å². The number of ether oxygens (including phenoxy) is 1. The molecule has 0 unspecified atom stereocenters. The van der Waals surface area contributed by atoms with Gasteiger partial charge in [-0.15, -0.1) is 0 Å². The number of nitrogens with zero attached hydrogens (tertiary/aromatic N) is 1. The topological polar surface area (TPSA) is 60.3 Å². The van der Waals surface area contributed by atoms with Crippen molar-refractivity contribution >= 4 is 11.6 Å². The quantitative estimate of drug-likeness (QED) is 0.819. The number of aryl methyl sites for hydroxylation is 3. The van der Waals surface area contributed by atoms with Gasteiger partial charge in [0.1, 0.15) is 5.56 Å². The van der Waals surface area contributed by atoms with Gasteiger partial charge in [-0.25, -0.2) is 0 Å². The molecule has 2 rings (SSSR count). The molecular formula is C21H28N2O3. The molecule has 1 amide bonds. The van der Waals surface area contributed by atoms with Crippen molar-refractivity contribution in [3.63, 3.8) is 0 Å². The standard InChI is InChI=1S/C21H28N2O3/c1-6-12-26-21-18(17(24)13-14(4)23(21)5)20(25)22-19-15(7-2)10-9-11-16(19)8-3/h9-11,13H,6-8,12H2,1-5H3,(H,22,25). The van der Waals surface area contributed by atoms with E-state index in [2.05, 4.69) is 5.32 Å². The van der Waals surface area contributed by atoms with Gasteiger partial charge in [0.25, 0.3) is 5.91 Å². The Morgan fingerprint density at radius 1 is 1.15 bits per heavy atom. The average molecular weight is 356 g/mol. The van der Waals surface area contributed by atoms with Crippen LogP contribution in [0.5, 0.6) is 5.88 Å². The highest BCUT2D eigenvalue weighted by atomic mass is 16.5. The number of anilines is 1. The van der Waals surface area contributed by atoms with Crippen molar-refractivity contribution in [3.05, 3.63) is 56.9 Å². The first-order valence-corrected chi connectivity index (χ1v) is 9.20. The fraction of sp³-hybridized carbons (Fsp3) is 0.429. The van der Waals surface area contributed by atoms with Gasteiger partial charge in [0.15, 0.2) is 5.43 Å². The molecule has 0 radical (unpaired) electrons. The molecule has 140 valence electrons. The van der Waals surface area contributed by atoms with Gasteiger partial charge >= 0.3 is 0 Å². The second kappa shape index (κ2) is 8.70. The van der Waals surface area contributed by atoms with Crippen molar-refractivity contribution < 1.29 is 9.53 Å². The Labute approximate surface area is 155 Å². The third-order valence-electron chi connectivity index (χ3n) is 4.54. The van der Waals surface area contributed by atoms with Crippen LogP contribution in [0.25, 0.3) is 0 Å². The van der Waals surface area contributed by atoms with Crippen molar-refractivity contribution in [2.24, 2.45) is 7.05 Å². The maximum Gasteiger partial charge on any atom is 0.265 e. The smallest absolute Gasteiger partial charge is 0.265 e. The average Bonchev–Trinajstić information content (AvgIpc) is 2.63. The summed E-state index contributed by atoms with van der Waals surface area (Å²) in [6.45, 7) is 8.35. The highest BCUT2D eigenvalue weighted by Gasteiger charge is 2.22. The number of nitrogens with one attached hydrogen (secondary N) is 1. The fourth-order valence-electron chi connectivity index (χ4n) is 2.95. The molecule has 0 fully saturated rings. The highest BCUT2D eigenvalue weighted by molar-refractivity contribution is 6.06. The molecule has 1 aromatic heterocycles. The molecule has 0 aliphatic rings. The minimum atomic E-state index is -0.424. The van der Waals surface area contributed by atoms with E-state index in [4.69, 9.17) is 4.74 Å². The summed E-state index contributed by atoms with van der Waals surface area (Å²) < 4.78 is 7.50. The van der Waals surface area contributed by atoms with Crippen molar-refractivity contribution in [2.75, 3.05) is 11.9 Å². The fourth-order valence-corrected chi connectivity index (χ4v) is 2.95. The monoisotopic (exact) mass is 356 g/mol. The number of hydrogen-bond acceptors (Lipinski definition) is 3. The van der Waals surface area contributed by atoms with Crippen LogP contribution in [0.4, 0.5) is 5.69 Å². The van der Waals surface area contributed by atoms with Crippen molar-refractivity contribution in [1.29, 1.82) is 0 Å². The molecule has 2 aromatic rings. The molecule has 1 heterocycles. The Balaban J connectivity index is 2.52. The van der Waals surface area contributed by atoms with Gasteiger partial charge in [0, 0.05) is 24.5 Å². The van der Waals surface area contributed by atoms with Gasteiger partial charge in [-0.3, -0.25) is 9.59 Å². The lowest BCUT2D eigenvalue weighted by atomic mass is 10.0. The van der Waals surface area contributed by atoms with Crippen LogP contribution in [-0.2, 0) is 19.9 Å². The number of carbonyl (C=O) groups is 1. The number of benzene rings is 1. The van der Waals surface area contributed by atoms with E-state index in [-0.39, 0.29) is 11.0 Å². The van der Waals surface area contributed by atoms with E-state index in [9.17, 15) is 9.59 Å². The largest absolute Gasteiger partial charge is 0.478 e. The molecule has 26 heavy (non-hydrogen) atoms. The SMILES string of the molecule is CCCOc1c(C(=O)Nc2c(CC)cccc2CC)c(=O)cc(C)n1C. The van der Waals surface area contributed by atoms with E-state index in [0.717, 1.165) is 41.8 Å². The van der Waals surface area contributed by atoms with Crippen molar-refractivity contribution in [3.8, 4) is 5.88 Å². The first-order chi connectivity index (χ1) is 12.4. The molecule has 0 atom stereocenters. The molecule has 1 N–H and O–H groups in total. The lowest BCUT2D eigenvalue weighted by Gasteiger charge is -2.18. The van der Waals surface area contributed by atoms with E-state index in [1.807, 2.05) is 45.9 Å². The Kier molecular flexibility index (Phi) is 6.61. The maximum absolute atomic E-state index is 13.0. The number of aromatic nitrogens is 1. The van der Waals surface area contributed by atoms with Crippen LogP contribution in [0.15, 0.2) is 29.1 Å². The lowest BCUT2D eigenvalue weighted by molar-refractivity contribution is 0.101. The highest BCUT2D eigenvalue weighted by Crippen LogP contribution is 2.25. The van der Waals surface area contributed by atoms with E-state index >= 15 is 0 Å². The first-order valence-electron chi connectivity index (χ1n) is 9.20. The summed E-state index contributed by atoms with van der Waals surface area (Å²) >= 11 is 0. The van der Waals surface area contributed by atoms with Crippen LogP contribution < -0.4 is 15.5 Å². The van der Waals surface area contributed by atoms with Gasteiger partial charge in [0.05, 0.1) is 6.61 Å². The molecule has 0 spiro atoms. The summed E-state index contributed by atoms with van der Waals surface area (Å²) in [7, 11) is 1.80. The lowest BCUT2D eigenvalue weighted by Crippen LogP contribution is -2.26. The molecule has 0 saturated carbocycles. The molecule has 5 heteroatoms. The van der Waals surface area contributed by atoms with Crippen LogP contribution in [0.3, 0.4) is 0 Å². The summed E-state index contributed by atoms with van der Waals surface area (Å²) in [6.07, 6.45) is 2.39. The maximum atomic E-state index is 13.0. The number of amides is 1. The van der Waals surface area contributed by atoms with Crippen LogP contribution in [0, 0.1) is 6.92 Å². The Morgan fingerprint density at radius 3 is 2.31 bits per heavy atom. The predicted octanol–water partition coefficient (Wildman–Crippen LogP) is 3.86. The molecule has 1 aromatic carbocycles. The van der Waals surface area contributed by atoms with E-state index < -0.39 is 5.91 Å². The third-order valence-corrected chi connectivity index (χ3v) is 4.54. The summed E-state index contributed by atoms with van der Waals surface area (Å²) in [4.78, 5) is 25.6. The minimum Gasteiger partial charge on any atom is -0.478 e. The van der Waals surface area contributed by atoms with E-state index in [0.29, 0.717) is 12.5 Å². The zero-order chi connectivity index (χ0) is 19.3.